The average molecular weight is 106 g/mol. The second-order valence-corrected chi connectivity index (χ2v) is 1.46. The van der Waals surface area contributed by atoms with Crippen LogP contribution in [-0.2, 0) is 4.74 Å². The van der Waals surface area contributed by atoms with Crippen LogP contribution in [0.1, 0.15) is 13.3 Å². The van der Waals surface area contributed by atoms with Crippen LogP contribution in [0.25, 0.3) is 0 Å². The van der Waals surface area contributed by atoms with Gasteiger partial charge in [0.2, 0.25) is 0 Å². The van der Waals surface area contributed by atoms with Gasteiger partial charge in [-0.3, -0.25) is 0 Å². The van der Waals surface area contributed by atoms with E-state index < -0.39 is 6.17 Å². The maximum atomic E-state index is 12.0. The summed E-state index contributed by atoms with van der Waals surface area (Å²) >= 11 is 0. The Labute approximate surface area is 43.5 Å². The molecule has 0 rings (SSSR count). The second-order valence-electron chi connectivity index (χ2n) is 1.46. The maximum Gasteiger partial charge on any atom is 0.123 e. The molecular weight excluding hydrogens is 95.1 g/mol. The van der Waals surface area contributed by atoms with Crippen molar-refractivity contribution in [3.8, 4) is 0 Å². The smallest absolute Gasteiger partial charge is 0.123 e. The Morgan fingerprint density at radius 2 is 2.29 bits per heavy atom. The lowest BCUT2D eigenvalue weighted by Gasteiger charge is -1.99. The van der Waals surface area contributed by atoms with Crippen molar-refractivity contribution in [1.82, 2.24) is 0 Å². The number of rotatable bonds is 3. The quantitative estimate of drug-likeness (QED) is 0.528. The summed E-state index contributed by atoms with van der Waals surface area (Å²) in [5.41, 5.74) is 0. The minimum absolute atomic E-state index is 0.233. The molecule has 0 aliphatic rings. The first-order valence-corrected chi connectivity index (χ1v) is 2.44. The van der Waals surface area contributed by atoms with Gasteiger partial charge in [-0.2, -0.15) is 0 Å². The third-order valence-corrected chi connectivity index (χ3v) is 0.790. The van der Waals surface area contributed by atoms with Gasteiger partial charge >= 0.3 is 0 Å². The van der Waals surface area contributed by atoms with Gasteiger partial charge in [0.1, 0.15) is 6.17 Å². The van der Waals surface area contributed by atoms with Crippen molar-refractivity contribution >= 4 is 0 Å². The molecule has 0 aromatic carbocycles. The summed E-state index contributed by atoms with van der Waals surface area (Å²) in [7, 11) is 1.50. The molecule has 0 amide bonds. The number of hydrogen-bond acceptors (Lipinski definition) is 1. The lowest BCUT2D eigenvalue weighted by Crippen LogP contribution is -2.05. The summed E-state index contributed by atoms with van der Waals surface area (Å²) in [6.07, 6.45) is -0.224. The zero-order valence-electron chi connectivity index (χ0n) is 4.78. The van der Waals surface area contributed by atoms with Crippen molar-refractivity contribution in [3.05, 3.63) is 0 Å². The normalized spacial score (nSPS) is 14.1. The molecule has 0 radical (unpaired) electrons. The molecule has 0 heterocycles. The van der Waals surface area contributed by atoms with Crippen LogP contribution in [0, 0.1) is 0 Å². The van der Waals surface area contributed by atoms with Crippen molar-refractivity contribution in [2.45, 2.75) is 19.5 Å². The summed E-state index contributed by atoms with van der Waals surface area (Å²) < 4.78 is 16.5. The molecule has 0 aromatic heterocycles. The first kappa shape index (κ1) is 6.89. The number of alkyl halides is 1. The zero-order chi connectivity index (χ0) is 5.70. The van der Waals surface area contributed by atoms with Crippen LogP contribution in [0.15, 0.2) is 0 Å². The molecule has 2 heteroatoms. The Hall–Kier alpha value is -0.110. The molecule has 0 unspecified atom stereocenters. The lowest BCUT2D eigenvalue weighted by atomic mass is 10.3. The molecule has 0 aliphatic carbocycles. The SMILES string of the molecule is CC[C@H](F)COC. The Kier molecular flexibility index (Phi) is 4.00. The van der Waals surface area contributed by atoms with E-state index in [1.165, 1.54) is 7.11 Å². The number of ether oxygens (including phenoxy) is 1. The molecule has 7 heavy (non-hydrogen) atoms. The fourth-order valence-corrected chi connectivity index (χ4v) is 0.299. The minimum Gasteiger partial charge on any atom is -0.382 e. The molecule has 0 aromatic rings. The lowest BCUT2D eigenvalue weighted by molar-refractivity contribution is 0.122. The molecule has 0 N–H and O–H groups in total. The van der Waals surface area contributed by atoms with Gasteiger partial charge < -0.3 is 4.74 Å². The molecule has 1 nitrogen and oxygen atoms in total. The first-order chi connectivity index (χ1) is 3.31. The monoisotopic (exact) mass is 106 g/mol. The van der Waals surface area contributed by atoms with Crippen molar-refractivity contribution in [2.75, 3.05) is 13.7 Å². The largest absolute Gasteiger partial charge is 0.382 e. The molecule has 44 valence electrons. The minimum atomic E-state index is -0.773. The second kappa shape index (κ2) is 4.06. The Bertz CT molecular complexity index is 39.1. The van der Waals surface area contributed by atoms with Gasteiger partial charge in [-0.05, 0) is 6.42 Å². The van der Waals surface area contributed by atoms with Crippen LogP contribution in [0.3, 0.4) is 0 Å². The van der Waals surface area contributed by atoms with Crippen LogP contribution in [-0.4, -0.2) is 19.9 Å². The highest BCUT2D eigenvalue weighted by Crippen LogP contribution is 1.94. The summed E-state index contributed by atoms with van der Waals surface area (Å²) in [6.45, 7) is 2.03. The predicted molar refractivity (Wildman–Crippen MR) is 27.1 cm³/mol. The molecule has 0 fully saturated rings. The van der Waals surface area contributed by atoms with E-state index in [0.29, 0.717) is 6.42 Å². The van der Waals surface area contributed by atoms with E-state index in [-0.39, 0.29) is 6.61 Å². The highest BCUT2D eigenvalue weighted by Gasteiger charge is 1.98. The molecule has 0 bridgehead atoms. The van der Waals surface area contributed by atoms with Crippen LogP contribution < -0.4 is 0 Å². The molecule has 0 saturated carbocycles. The summed E-state index contributed by atoms with van der Waals surface area (Å²) in [5, 5.41) is 0. The fourth-order valence-electron chi connectivity index (χ4n) is 0.299. The van der Waals surface area contributed by atoms with Crippen molar-refractivity contribution in [2.24, 2.45) is 0 Å². The van der Waals surface area contributed by atoms with Crippen molar-refractivity contribution in [1.29, 1.82) is 0 Å². The standard InChI is InChI=1S/C5H11FO/c1-3-5(6)4-7-2/h5H,3-4H2,1-2H3/t5-/m0/s1. The van der Waals surface area contributed by atoms with Crippen molar-refractivity contribution in [3.63, 3.8) is 0 Å². The van der Waals surface area contributed by atoms with E-state index in [1.54, 1.807) is 6.92 Å². The number of halogens is 1. The average Bonchev–Trinajstić information content (AvgIpc) is 1.68. The van der Waals surface area contributed by atoms with E-state index >= 15 is 0 Å². The first-order valence-electron chi connectivity index (χ1n) is 2.44. The Balaban J connectivity index is 2.83. The molecule has 0 aliphatic heterocycles. The molecule has 0 spiro atoms. The van der Waals surface area contributed by atoms with Crippen LogP contribution in [0.2, 0.25) is 0 Å². The van der Waals surface area contributed by atoms with Crippen LogP contribution >= 0.6 is 0 Å². The molecular formula is C5H11FO. The summed E-state index contributed by atoms with van der Waals surface area (Å²) in [5.74, 6) is 0. The predicted octanol–water partition coefficient (Wildman–Crippen LogP) is 1.38. The third-order valence-electron chi connectivity index (χ3n) is 0.790. The fraction of sp³-hybridized carbons (Fsp3) is 1.00. The van der Waals surface area contributed by atoms with E-state index in [1.807, 2.05) is 0 Å². The summed E-state index contributed by atoms with van der Waals surface area (Å²) in [4.78, 5) is 0. The third kappa shape index (κ3) is 3.73. The van der Waals surface area contributed by atoms with Gasteiger partial charge in [0, 0.05) is 7.11 Å². The maximum absolute atomic E-state index is 12.0. The molecule has 0 saturated heterocycles. The van der Waals surface area contributed by atoms with E-state index in [2.05, 4.69) is 4.74 Å². The topological polar surface area (TPSA) is 9.23 Å². The summed E-state index contributed by atoms with van der Waals surface area (Å²) in [6, 6.07) is 0. The number of methoxy groups -OCH3 is 1. The zero-order valence-corrected chi connectivity index (χ0v) is 4.78. The highest BCUT2D eigenvalue weighted by atomic mass is 19.1. The van der Waals surface area contributed by atoms with Gasteiger partial charge in [0.15, 0.2) is 0 Å². The molecule has 1 atom stereocenters. The van der Waals surface area contributed by atoms with Gasteiger partial charge in [0.05, 0.1) is 6.61 Å². The van der Waals surface area contributed by atoms with Crippen molar-refractivity contribution < 1.29 is 9.13 Å². The van der Waals surface area contributed by atoms with E-state index in [0.717, 1.165) is 0 Å². The van der Waals surface area contributed by atoms with Gasteiger partial charge in [-0.25, -0.2) is 4.39 Å². The van der Waals surface area contributed by atoms with Crippen LogP contribution in [0.4, 0.5) is 4.39 Å². The van der Waals surface area contributed by atoms with Gasteiger partial charge in [-0.1, -0.05) is 6.92 Å². The van der Waals surface area contributed by atoms with Crippen LogP contribution in [0.5, 0.6) is 0 Å². The Morgan fingerprint density at radius 3 is 2.43 bits per heavy atom. The van der Waals surface area contributed by atoms with Gasteiger partial charge in [-0.15, -0.1) is 0 Å². The number of hydrogen-bond donors (Lipinski definition) is 0. The van der Waals surface area contributed by atoms with E-state index in [9.17, 15) is 4.39 Å². The Morgan fingerprint density at radius 1 is 1.71 bits per heavy atom. The highest BCUT2D eigenvalue weighted by molar-refractivity contribution is 4.46. The van der Waals surface area contributed by atoms with E-state index in [4.69, 9.17) is 0 Å². The van der Waals surface area contributed by atoms with Gasteiger partial charge in [0.25, 0.3) is 0 Å².